The first-order valence-corrected chi connectivity index (χ1v) is 6.02. The van der Waals surface area contributed by atoms with E-state index in [1.165, 1.54) is 44.9 Å². The van der Waals surface area contributed by atoms with E-state index in [-0.39, 0.29) is 40.0 Å². The van der Waals surface area contributed by atoms with Gasteiger partial charge in [0.05, 0.1) is 0 Å². The number of rotatable bonds is 9. The summed E-state index contributed by atoms with van der Waals surface area (Å²) in [6.07, 6.45) is 18.9. The summed E-state index contributed by atoms with van der Waals surface area (Å²) in [6, 6.07) is 0. The van der Waals surface area contributed by atoms with E-state index in [0.717, 1.165) is 6.42 Å². The van der Waals surface area contributed by atoms with Gasteiger partial charge in [-0.25, -0.2) is 0 Å². The van der Waals surface area contributed by atoms with Crippen LogP contribution in [0.15, 0.2) is 24.3 Å². The maximum atomic E-state index is 3.83. The average molecular weight is 298 g/mol. The fourth-order valence-corrected chi connectivity index (χ4v) is 1.29. The Labute approximate surface area is 129 Å². The molecule has 0 heterocycles. The molecule has 0 radical (unpaired) electrons. The maximum absolute atomic E-state index is 3.83. The molecule has 16 heavy (non-hydrogen) atoms. The van der Waals surface area contributed by atoms with Crippen molar-refractivity contribution in [3.8, 4) is 0 Å². The van der Waals surface area contributed by atoms with Crippen molar-refractivity contribution in [3.63, 3.8) is 0 Å². The van der Waals surface area contributed by atoms with Crippen LogP contribution in [-0.2, 0) is 0 Å². The van der Waals surface area contributed by atoms with E-state index < -0.39 is 0 Å². The van der Waals surface area contributed by atoms with Gasteiger partial charge in [-0.15, -0.1) is 0 Å². The molecule has 90 valence electrons. The second-order valence-corrected chi connectivity index (χ2v) is 3.70. The summed E-state index contributed by atoms with van der Waals surface area (Å²) in [4.78, 5) is 0. The van der Waals surface area contributed by atoms with Gasteiger partial charge in [0.2, 0.25) is 0 Å². The van der Waals surface area contributed by atoms with Crippen molar-refractivity contribution in [2.75, 3.05) is 0 Å². The van der Waals surface area contributed by atoms with Crippen molar-refractivity contribution >= 4 is 23.1 Å². The zero-order chi connectivity index (χ0) is 10.5. The molecule has 0 saturated heterocycles. The van der Waals surface area contributed by atoms with E-state index in [4.69, 9.17) is 0 Å². The van der Waals surface area contributed by atoms with Crippen LogP contribution in [0.1, 0.15) is 58.3 Å². The fourth-order valence-electron chi connectivity index (χ4n) is 1.29. The number of unbranched alkanes of at least 4 members (excludes halogenated alkanes) is 6. The van der Waals surface area contributed by atoms with Crippen molar-refractivity contribution in [1.29, 1.82) is 0 Å². The molecule has 0 fully saturated rings. The standard InChI is InChI=1S/C14H25.BrH.Mg/c1-3-5-7-9-11-13-14-12-10-8-6-4-2;;/h10,12-14H,1,3-9,11H2,2H3;1H;/q-1;;+2/p-1/b12-10-,14-13+;;. The van der Waals surface area contributed by atoms with Crippen LogP contribution in [0.4, 0.5) is 0 Å². The molecule has 0 aliphatic carbocycles. The molecule has 0 aromatic rings. The summed E-state index contributed by atoms with van der Waals surface area (Å²) in [5.74, 6) is 0. The number of allylic oxidation sites excluding steroid dienone is 4. The van der Waals surface area contributed by atoms with Crippen molar-refractivity contribution in [3.05, 3.63) is 31.2 Å². The smallest absolute Gasteiger partial charge is 1.00 e. The molecule has 0 unspecified atom stereocenters. The average Bonchev–Trinajstić information content (AvgIpc) is 2.21. The first kappa shape index (κ1) is 22.0. The second-order valence-electron chi connectivity index (χ2n) is 3.70. The van der Waals surface area contributed by atoms with Gasteiger partial charge in [-0.3, -0.25) is 0 Å². The van der Waals surface area contributed by atoms with Gasteiger partial charge in [0, 0.05) is 0 Å². The summed E-state index contributed by atoms with van der Waals surface area (Å²) in [5, 5.41) is 0. The van der Waals surface area contributed by atoms with Gasteiger partial charge in [0.25, 0.3) is 0 Å². The van der Waals surface area contributed by atoms with E-state index in [0.29, 0.717) is 0 Å². The normalized spacial score (nSPS) is 10.4. The molecule has 0 aliphatic heterocycles. The molecule has 0 spiro atoms. The quantitative estimate of drug-likeness (QED) is 0.263. The molecule has 0 N–H and O–H groups in total. The Morgan fingerprint density at radius 2 is 1.44 bits per heavy atom. The van der Waals surface area contributed by atoms with Crippen molar-refractivity contribution in [1.82, 2.24) is 0 Å². The summed E-state index contributed by atoms with van der Waals surface area (Å²) in [6.45, 7) is 6.06. The molecule has 0 saturated carbocycles. The monoisotopic (exact) mass is 296 g/mol. The van der Waals surface area contributed by atoms with Crippen LogP contribution in [-0.4, -0.2) is 23.1 Å². The topological polar surface area (TPSA) is 0 Å². The molecular formula is C14H25BrMg. The van der Waals surface area contributed by atoms with E-state index >= 15 is 0 Å². The number of hydrogen-bond acceptors (Lipinski definition) is 0. The van der Waals surface area contributed by atoms with Crippen LogP contribution in [0.5, 0.6) is 0 Å². The van der Waals surface area contributed by atoms with Crippen molar-refractivity contribution in [2.24, 2.45) is 0 Å². The van der Waals surface area contributed by atoms with Crippen molar-refractivity contribution in [2.45, 2.75) is 58.3 Å². The largest absolute Gasteiger partial charge is 2.00 e. The molecule has 0 nitrogen and oxygen atoms in total. The van der Waals surface area contributed by atoms with Crippen molar-refractivity contribution < 1.29 is 17.0 Å². The first-order valence-electron chi connectivity index (χ1n) is 6.02. The summed E-state index contributed by atoms with van der Waals surface area (Å²) in [7, 11) is 0. The van der Waals surface area contributed by atoms with Gasteiger partial charge < -0.3 is 23.9 Å². The summed E-state index contributed by atoms with van der Waals surface area (Å²) < 4.78 is 0. The Balaban J connectivity index is -0.000000845. The molecule has 0 rings (SSSR count). The minimum atomic E-state index is 0. The second kappa shape index (κ2) is 21.1. The van der Waals surface area contributed by atoms with Crippen LogP contribution >= 0.6 is 0 Å². The predicted molar refractivity (Wildman–Crippen MR) is 72.0 cm³/mol. The van der Waals surface area contributed by atoms with E-state index in [1.807, 2.05) is 0 Å². The Morgan fingerprint density at radius 3 is 1.94 bits per heavy atom. The molecule has 0 atom stereocenters. The number of halogens is 1. The van der Waals surface area contributed by atoms with Crippen LogP contribution in [0.2, 0.25) is 0 Å². The summed E-state index contributed by atoms with van der Waals surface area (Å²) >= 11 is 0. The minimum absolute atomic E-state index is 0. The van der Waals surface area contributed by atoms with E-state index in [1.54, 1.807) is 0 Å². The Kier molecular flexibility index (Phi) is 28.9. The van der Waals surface area contributed by atoms with Crippen LogP contribution in [0, 0.1) is 6.92 Å². The minimum Gasteiger partial charge on any atom is -1.00 e. The molecule has 0 aliphatic rings. The van der Waals surface area contributed by atoms with E-state index in [9.17, 15) is 0 Å². The van der Waals surface area contributed by atoms with Gasteiger partial charge in [-0.2, -0.15) is 6.42 Å². The third-order valence-corrected chi connectivity index (χ3v) is 2.23. The molecule has 0 bridgehead atoms. The van der Waals surface area contributed by atoms with Gasteiger partial charge in [0.1, 0.15) is 0 Å². The Hall–Kier alpha value is 0.726. The fraction of sp³-hybridized carbons (Fsp3) is 0.643. The Bertz CT molecular complexity index is 153. The van der Waals surface area contributed by atoms with Crippen LogP contribution in [0.3, 0.4) is 0 Å². The zero-order valence-corrected chi connectivity index (χ0v) is 13.8. The third kappa shape index (κ3) is 20.2. The molecule has 0 aromatic carbocycles. The zero-order valence-electron chi connectivity index (χ0n) is 10.8. The molecular weight excluding hydrogens is 272 g/mol. The predicted octanol–water partition coefficient (Wildman–Crippen LogP) is 1.70. The molecule has 2 heteroatoms. The maximum Gasteiger partial charge on any atom is 2.00 e. The van der Waals surface area contributed by atoms with Crippen LogP contribution < -0.4 is 17.0 Å². The van der Waals surface area contributed by atoms with Crippen LogP contribution in [0.25, 0.3) is 0 Å². The van der Waals surface area contributed by atoms with Gasteiger partial charge in [-0.1, -0.05) is 56.9 Å². The first-order chi connectivity index (χ1) is 6.91. The molecule has 0 amide bonds. The third-order valence-electron chi connectivity index (χ3n) is 2.23. The SMILES string of the molecule is [Br-].[CH2-]CCCCC/C=C/C=C\CCCC.[Mg+2]. The number of hydrogen-bond donors (Lipinski definition) is 0. The van der Waals surface area contributed by atoms with E-state index in [2.05, 4.69) is 38.2 Å². The van der Waals surface area contributed by atoms with Gasteiger partial charge in [-0.05, 0) is 19.3 Å². The summed E-state index contributed by atoms with van der Waals surface area (Å²) in [5.41, 5.74) is 0. The Morgan fingerprint density at radius 1 is 0.875 bits per heavy atom. The van der Waals surface area contributed by atoms with Gasteiger partial charge in [0.15, 0.2) is 0 Å². The molecule has 0 aromatic heterocycles. The van der Waals surface area contributed by atoms with Gasteiger partial charge >= 0.3 is 23.1 Å².